The summed E-state index contributed by atoms with van der Waals surface area (Å²) in [5.41, 5.74) is 0. The first-order valence-electron chi connectivity index (χ1n) is 14.8. The molecule has 0 aromatic carbocycles. The van der Waals surface area contributed by atoms with Crippen molar-refractivity contribution in [2.24, 2.45) is 0 Å². The number of rotatable bonds is 28. The Bertz CT molecular complexity index is 427. The lowest BCUT2D eigenvalue weighted by Gasteiger charge is -2.04. The smallest absolute Gasteiger partial charge is 0.327 e. The van der Waals surface area contributed by atoms with E-state index in [4.69, 9.17) is 5.11 Å². The van der Waals surface area contributed by atoms with Crippen LogP contribution in [0.4, 0.5) is 0 Å². The number of carboxylic acids is 1. The molecule has 0 aliphatic carbocycles. The lowest BCUT2D eigenvalue weighted by molar-refractivity contribution is -0.131. The fraction of sp³-hybridized carbons (Fsp3) is 0.839. The van der Waals surface area contributed by atoms with Crippen LogP contribution >= 0.6 is 0 Å². The molecule has 33 heavy (non-hydrogen) atoms. The Kier molecular flexibility index (Phi) is 28.1. The third kappa shape index (κ3) is 30.9. The fourth-order valence-corrected chi connectivity index (χ4v) is 4.62. The average Bonchev–Trinajstić information content (AvgIpc) is 2.80. The molecule has 0 spiro atoms. The Hall–Kier alpha value is -1.05. The van der Waals surface area contributed by atoms with Crippen LogP contribution < -0.4 is 0 Å². The van der Waals surface area contributed by atoms with E-state index in [-0.39, 0.29) is 0 Å². The molecule has 0 unspecified atom stereocenters. The standard InChI is InChI=1S/C31H58O2/c1-2-3-4-5-6-7-8-9-10-11-12-13-14-15-16-17-18-19-20-21-22-23-24-25-26-27-28-29-30-31(32)33/h2,29-30H,1,3-28H2,(H,32,33). The summed E-state index contributed by atoms with van der Waals surface area (Å²) in [6.45, 7) is 3.79. The quantitative estimate of drug-likeness (QED) is 0.0713. The molecular weight excluding hydrogens is 404 g/mol. The van der Waals surface area contributed by atoms with Crippen LogP contribution in [0.15, 0.2) is 24.8 Å². The molecule has 0 saturated carbocycles. The van der Waals surface area contributed by atoms with Gasteiger partial charge in [-0.1, -0.05) is 153 Å². The minimum atomic E-state index is -0.830. The Morgan fingerprint density at radius 1 is 0.455 bits per heavy atom. The summed E-state index contributed by atoms with van der Waals surface area (Å²) in [4.78, 5) is 10.4. The number of hydrogen-bond donors (Lipinski definition) is 1. The van der Waals surface area contributed by atoms with Crippen molar-refractivity contribution in [3.05, 3.63) is 24.8 Å². The summed E-state index contributed by atoms with van der Waals surface area (Å²) in [5, 5.41) is 8.52. The molecule has 2 heteroatoms. The highest BCUT2D eigenvalue weighted by Gasteiger charge is 1.96. The predicted molar refractivity (Wildman–Crippen MR) is 147 cm³/mol. The van der Waals surface area contributed by atoms with Crippen molar-refractivity contribution in [2.75, 3.05) is 0 Å². The zero-order chi connectivity index (χ0) is 24.1. The number of carbonyl (C=O) groups is 1. The summed E-state index contributed by atoms with van der Waals surface area (Å²) in [5.74, 6) is -0.830. The van der Waals surface area contributed by atoms with Gasteiger partial charge in [0.15, 0.2) is 0 Å². The van der Waals surface area contributed by atoms with Gasteiger partial charge in [-0.05, 0) is 25.7 Å². The van der Waals surface area contributed by atoms with E-state index < -0.39 is 5.97 Å². The second kappa shape index (κ2) is 29.0. The van der Waals surface area contributed by atoms with Crippen molar-refractivity contribution >= 4 is 5.97 Å². The third-order valence-electron chi connectivity index (χ3n) is 6.79. The Balaban J connectivity index is 3.04. The number of unbranched alkanes of at least 4 members (excludes halogenated alkanes) is 25. The van der Waals surface area contributed by atoms with Crippen molar-refractivity contribution < 1.29 is 9.90 Å². The summed E-state index contributed by atoms with van der Waals surface area (Å²) >= 11 is 0. The van der Waals surface area contributed by atoms with Crippen LogP contribution in [0.5, 0.6) is 0 Å². The molecule has 0 aromatic heterocycles. The molecule has 0 radical (unpaired) electrons. The largest absolute Gasteiger partial charge is 0.478 e. The molecule has 0 aliphatic rings. The van der Waals surface area contributed by atoms with E-state index >= 15 is 0 Å². The first-order chi connectivity index (χ1) is 16.3. The van der Waals surface area contributed by atoms with E-state index in [9.17, 15) is 4.79 Å². The molecule has 2 nitrogen and oxygen atoms in total. The van der Waals surface area contributed by atoms with E-state index in [0.29, 0.717) is 0 Å². The van der Waals surface area contributed by atoms with Crippen LogP contribution in [0.25, 0.3) is 0 Å². The summed E-state index contributed by atoms with van der Waals surface area (Å²) in [6.07, 6.45) is 40.8. The Morgan fingerprint density at radius 2 is 0.697 bits per heavy atom. The Morgan fingerprint density at radius 3 is 0.939 bits per heavy atom. The molecule has 0 amide bonds. The lowest BCUT2D eigenvalue weighted by atomic mass is 10.0. The van der Waals surface area contributed by atoms with E-state index in [2.05, 4.69) is 6.58 Å². The maximum absolute atomic E-state index is 10.4. The topological polar surface area (TPSA) is 37.3 Å². The first-order valence-corrected chi connectivity index (χ1v) is 14.8. The molecule has 0 saturated heterocycles. The molecule has 0 rings (SSSR count). The molecule has 0 atom stereocenters. The van der Waals surface area contributed by atoms with E-state index in [1.807, 2.05) is 6.08 Å². The SMILES string of the molecule is C=CCCCCCCCCCCCCCCCCCCCCCCCCCCC=CC(=O)O. The molecule has 0 aromatic rings. The number of aliphatic carboxylic acids is 1. The van der Waals surface area contributed by atoms with Crippen molar-refractivity contribution in [3.63, 3.8) is 0 Å². The van der Waals surface area contributed by atoms with Gasteiger partial charge < -0.3 is 5.11 Å². The van der Waals surface area contributed by atoms with Crippen molar-refractivity contribution in [2.45, 2.75) is 167 Å². The molecule has 0 aliphatic heterocycles. The highest BCUT2D eigenvalue weighted by atomic mass is 16.4. The molecule has 1 N–H and O–H groups in total. The van der Waals surface area contributed by atoms with Crippen molar-refractivity contribution in [1.82, 2.24) is 0 Å². The molecule has 0 bridgehead atoms. The maximum Gasteiger partial charge on any atom is 0.327 e. The fourth-order valence-electron chi connectivity index (χ4n) is 4.62. The first kappa shape index (κ1) is 31.9. The van der Waals surface area contributed by atoms with Gasteiger partial charge in [0.1, 0.15) is 0 Å². The molecule has 0 heterocycles. The van der Waals surface area contributed by atoms with Gasteiger partial charge in [-0.2, -0.15) is 0 Å². The monoisotopic (exact) mass is 462 g/mol. The van der Waals surface area contributed by atoms with Gasteiger partial charge in [-0.25, -0.2) is 4.79 Å². The van der Waals surface area contributed by atoms with E-state index in [1.165, 1.54) is 160 Å². The maximum atomic E-state index is 10.4. The van der Waals surface area contributed by atoms with Crippen LogP contribution in [0.2, 0.25) is 0 Å². The number of carboxylic acid groups (broad SMARTS) is 1. The number of hydrogen-bond acceptors (Lipinski definition) is 1. The summed E-state index contributed by atoms with van der Waals surface area (Å²) in [7, 11) is 0. The van der Waals surface area contributed by atoms with Gasteiger partial charge in [0.05, 0.1) is 0 Å². The van der Waals surface area contributed by atoms with Crippen molar-refractivity contribution in [1.29, 1.82) is 0 Å². The summed E-state index contributed by atoms with van der Waals surface area (Å²) < 4.78 is 0. The summed E-state index contributed by atoms with van der Waals surface area (Å²) in [6, 6.07) is 0. The van der Waals surface area contributed by atoms with Gasteiger partial charge in [0, 0.05) is 6.08 Å². The Labute approximate surface area is 207 Å². The van der Waals surface area contributed by atoms with Crippen LogP contribution in [0, 0.1) is 0 Å². The second-order valence-electron chi connectivity index (χ2n) is 10.1. The predicted octanol–water partition coefficient (Wildman–Crippen LogP) is 11.0. The van der Waals surface area contributed by atoms with Crippen LogP contribution in [0.1, 0.15) is 167 Å². The zero-order valence-electron chi connectivity index (χ0n) is 22.2. The van der Waals surface area contributed by atoms with Crippen molar-refractivity contribution in [3.8, 4) is 0 Å². The van der Waals surface area contributed by atoms with E-state index in [1.54, 1.807) is 6.08 Å². The van der Waals surface area contributed by atoms with Crippen LogP contribution in [-0.2, 0) is 4.79 Å². The highest BCUT2D eigenvalue weighted by Crippen LogP contribution is 2.16. The molecule has 0 fully saturated rings. The zero-order valence-corrected chi connectivity index (χ0v) is 22.2. The van der Waals surface area contributed by atoms with Crippen LogP contribution in [-0.4, -0.2) is 11.1 Å². The van der Waals surface area contributed by atoms with Gasteiger partial charge in [-0.15, -0.1) is 6.58 Å². The highest BCUT2D eigenvalue weighted by molar-refractivity contribution is 5.79. The van der Waals surface area contributed by atoms with Gasteiger partial charge in [0.2, 0.25) is 0 Å². The third-order valence-corrected chi connectivity index (χ3v) is 6.79. The number of allylic oxidation sites excluding steroid dienone is 2. The van der Waals surface area contributed by atoms with E-state index in [0.717, 1.165) is 12.8 Å². The second-order valence-corrected chi connectivity index (χ2v) is 10.1. The molecular formula is C31H58O2. The van der Waals surface area contributed by atoms with Gasteiger partial charge in [0.25, 0.3) is 0 Å². The molecule has 194 valence electrons. The minimum absolute atomic E-state index is 0.830. The normalized spacial score (nSPS) is 11.4. The van der Waals surface area contributed by atoms with Crippen LogP contribution in [0.3, 0.4) is 0 Å². The van der Waals surface area contributed by atoms with Gasteiger partial charge >= 0.3 is 5.97 Å². The van der Waals surface area contributed by atoms with Gasteiger partial charge in [-0.3, -0.25) is 0 Å². The lowest BCUT2D eigenvalue weighted by Crippen LogP contribution is -1.86. The minimum Gasteiger partial charge on any atom is -0.478 e. The average molecular weight is 463 g/mol.